The minimum atomic E-state index is 0.343. The van der Waals surface area contributed by atoms with Crippen LogP contribution in [0.5, 0.6) is 0 Å². The van der Waals surface area contributed by atoms with E-state index in [1.807, 2.05) is 25.6 Å². The van der Waals surface area contributed by atoms with E-state index in [1.165, 1.54) is 9.75 Å². The molecule has 0 amide bonds. The monoisotopic (exact) mass is 290 g/mol. The summed E-state index contributed by atoms with van der Waals surface area (Å²) in [6.45, 7) is 4.25. The lowest BCUT2D eigenvalue weighted by molar-refractivity contribution is -0.118. The van der Waals surface area contributed by atoms with Gasteiger partial charge in [-0.05, 0) is 25.0 Å². The molecular formula is C16H22N2OS. The van der Waals surface area contributed by atoms with E-state index in [4.69, 9.17) is 0 Å². The maximum Gasteiger partial charge on any atom is 0.138 e. The quantitative estimate of drug-likeness (QED) is 0.728. The second kappa shape index (κ2) is 7.39. The Labute approximate surface area is 124 Å². The van der Waals surface area contributed by atoms with Crippen molar-refractivity contribution in [3.05, 3.63) is 40.6 Å². The first kappa shape index (κ1) is 15.0. The number of nitrogens with zero attached hydrogens (tertiary/aromatic N) is 2. The lowest BCUT2D eigenvalue weighted by atomic mass is 10.1. The highest BCUT2D eigenvalue weighted by atomic mass is 32.1. The molecule has 2 aromatic rings. The molecule has 2 rings (SSSR count). The highest BCUT2D eigenvalue weighted by Crippen LogP contribution is 2.30. The first-order valence-electron chi connectivity index (χ1n) is 7.32. The number of imidazole rings is 1. The zero-order chi connectivity index (χ0) is 14.4. The molecule has 2 heterocycles. The summed E-state index contributed by atoms with van der Waals surface area (Å²) < 4.78 is 2.16. The van der Waals surface area contributed by atoms with Crippen molar-refractivity contribution in [3.8, 4) is 0 Å². The Morgan fingerprint density at radius 1 is 1.35 bits per heavy atom. The van der Waals surface area contributed by atoms with Crippen LogP contribution in [0.15, 0.2) is 30.9 Å². The molecule has 1 unspecified atom stereocenters. The molecule has 0 bridgehead atoms. The third kappa shape index (κ3) is 3.79. The van der Waals surface area contributed by atoms with Gasteiger partial charge in [0.1, 0.15) is 5.78 Å². The van der Waals surface area contributed by atoms with Gasteiger partial charge in [0, 0.05) is 35.0 Å². The zero-order valence-corrected chi connectivity index (χ0v) is 13.0. The van der Waals surface area contributed by atoms with Crippen molar-refractivity contribution >= 4 is 17.1 Å². The number of carbonyl (C=O) groups excluding carboxylic acids is 1. The van der Waals surface area contributed by atoms with E-state index in [9.17, 15) is 4.79 Å². The van der Waals surface area contributed by atoms with E-state index >= 15 is 0 Å². The Morgan fingerprint density at radius 3 is 2.85 bits per heavy atom. The Balaban J connectivity index is 2.11. The maximum atomic E-state index is 11.7. The maximum absolute atomic E-state index is 11.7. The Kier molecular flexibility index (Phi) is 5.53. The van der Waals surface area contributed by atoms with Crippen molar-refractivity contribution in [1.29, 1.82) is 0 Å². The SMILES string of the molecule is CCCC(=O)Cc1ccc(C(CCC)n2ccnc2)s1. The third-order valence-electron chi connectivity index (χ3n) is 3.36. The molecule has 0 saturated heterocycles. The molecule has 0 aliphatic heterocycles. The predicted molar refractivity (Wildman–Crippen MR) is 83.2 cm³/mol. The van der Waals surface area contributed by atoms with Gasteiger partial charge in [0.15, 0.2) is 0 Å². The van der Waals surface area contributed by atoms with Crippen LogP contribution >= 0.6 is 11.3 Å². The van der Waals surface area contributed by atoms with E-state index in [1.54, 1.807) is 11.3 Å². The van der Waals surface area contributed by atoms with E-state index in [-0.39, 0.29) is 0 Å². The van der Waals surface area contributed by atoms with Gasteiger partial charge in [-0.25, -0.2) is 4.98 Å². The molecule has 0 fully saturated rings. The van der Waals surface area contributed by atoms with Crippen LogP contribution in [0.2, 0.25) is 0 Å². The van der Waals surface area contributed by atoms with Crippen molar-refractivity contribution < 1.29 is 4.79 Å². The van der Waals surface area contributed by atoms with Gasteiger partial charge in [-0.2, -0.15) is 0 Å². The van der Waals surface area contributed by atoms with Crippen LogP contribution in [-0.4, -0.2) is 15.3 Å². The number of Topliss-reactive ketones (excluding diaryl/α,β-unsaturated/α-hetero) is 1. The van der Waals surface area contributed by atoms with Crippen LogP contribution in [0.4, 0.5) is 0 Å². The molecule has 0 spiro atoms. The van der Waals surface area contributed by atoms with Crippen molar-refractivity contribution in [3.63, 3.8) is 0 Å². The highest BCUT2D eigenvalue weighted by molar-refractivity contribution is 7.12. The van der Waals surface area contributed by atoms with Crippen LogP contribution in [0, 0.1) is 0 Å². The van der Waals surface area contributed by atoms with Crippen LogP contribution in [-0.2, 0) is 11.2 Å². The topological polar surface area (TPSA) is 34.9 Å². The molecule has 0 saturated carbocycles. The molecule has 20 heavy (non-hydrogen) atoms. The van der Waals surface area contributed by atoms with Crippen molar-refractivity contribution in [1.82, 2.24) is 9.55 Å². The van der Waals surface area contributed by atoms with Crippen LogP contribution in [0.3, 0.4) is 0 Å². The molecule has 0 aliphatic rings. The summed E-state index contributed by atoms with van der Waals surface area (Å²) in [5.41, 5.74) is 0. The number of thiophene rings is 1. The fraction of sp³-hybridized carbons (Fsp3) is 0.500. The van der Waals surface area contributed by atoms with Gasteiger partial charge in [-0.15, -0.1) is 11.3 Å². The van der Waals surface area contributed by atoms with Gasteiger partial charge in [-0.1, -0.05) is 20.3 Å². The Hall–Kier alpha value is -1.42. The van der Waals surface area contributed by atoms with E-state index < -0.39 is 0 Å². The first-order valence-corrected chi connectivity index (χ1v) is 8.14. The van der Waals surface area contributed by atoms with Crippen LogP contribution < -0.4 is 0 Å². The fourth-order valence-electron chi connectivity index (χ4n) is 2.40. The summed E-state index contributed by atoms with van der Waals surface area (Å²) in [7, 11) is 0. The second-order valence-electron chi connectivity index (χ2n) is 5.08. The van der Waals surface area contributed by atoms with Crippen molar-refractivity contribution in [2.24, 2.45) is 0 Å². The van der Waals surface area contributed by atoms with E-state index in [0.717, 1.165) is 19.3 Å². The van der Waals surface area contributed by atoms with Crippen molar-refractivity contribution in [2.75, 3.05) is 0 Å². The summed E-state index contributed by atoms with van der Waals surface area (Å²) in [4.78, 5) is 18.4. The number of ketones is 1. The van der Waals surface area contributed by atoms with Gasteiger partial charge < -0.3 is 4.57 Å². The lowest BCUT2D eigenvalue weighted by Crippen LogP contribution is -2.06. The molecule has 1 atom stereocenters. The molecule has 0 aliphatic carbocycles. The molecule has 0 N–H and O–H groups in total. The zero-order valence-electron chi connectivity index (χ0n) is 12.2. The average Bonchev–Trinajstić information content (AvgIpc) is 3.07. The number of carbonyl (C=O) groups is 1. The number of aromatic nitrogens is 2. The molecule has 2 aromatic heterocycles. The number of hydrogen-bond acceptors (Lipinski definition) is 3. The summed E-state index contributed by atoms with van der Waals surface area (Å²) in [5, 5.41) is 0. The van der Waals surface area contributed by atoms with Gasteiger partial charge in [0.25, 0.3) is 0 Å². The molecule has 0 aromatic carbocycles. The Morgan fingerprint density at radius 2 is 2.20 bits per heavy atom. The summed E-state index contributed by atoms with van der Waals surface area (Å²) in [5.74, 6) is 0.343. The minimum Gasteiger partial charge on any atom is -0.329 e. The van der Waals surface area contributed by atoms with Gasteiger partial charge in [0.2, 0.25) is 0 Å². The first-order chi connectivity index (χ1) is 9.74. The predicted octanol–water partition coefficient (Wildman–Crippen LogP) is 4.25. The van der Waals surface area contributed by atoms with Gasteiger partial charge in [-0.3, -0.25) is 4.79 Å². The second-order valence-corrected chi connectivity index (χ2v) is 6.28. The normalized spacial score (nSPS) is 12.5. The molecule has 0 radical (unpaired) electrons. The van der Waals surface area contributed by atoms with Crippen LogP contribution in [0.25, 0.3) is 0 Å². The summed E-state index contributed by atoms with van der Waals surface area (Å²) in [6.07, 6.45) is 10.1. The van der Waals surface area contributed by atoms with Crippen molar-refractivity contribution in [2.45, 2.75) is 52.0 Å². The third-order valence-corrected chi connectivity index (χ3v) is 4.54. The lowest BCUT2D eigenvalue weighted by Gasteiger charge is -2.15. The highest BCUT2D eigenvalue weighted by Gasteiger charge is 2.15. The standard InChI is InChI=1S/C16H22N2OS/c1-3-5-13(19)11-14-7-8-16(20-14)15(6-4-2)18-10-9-17-12-18/h7-10,12,15H,3-6,11H2,1-2H3. The Bertz CT molecular complexity index is 530. The van der Waals surface area contributed by atoms with Gasteiger partial charge in [0.05, 0.1) is 12.4 Å². The molecular weight excluding hydrogens is 268 g/mol. The molecule has 3 nitrogen and oxygen atoms in total. The molecule has 4 heteroatoms. The number of hydrogen-bond donors (Lipinski definition) is 0. The average molecular weight is 290 g/mol. The van der Waals surface area contributed by atoms with Gasteiger partial charge >= 0.3 is 0 Å². The van der Waals surface area contributed by atoms with E-state index in [0.29, 0.717) is 24.7 Å². The largest absolute Gasteiger partial charge is 0.329 e. The van der Waals surface area contributed by atoms with E-state index in [2.05, 4.69) is 28.6 Å². The number of rotatable bonds is 8. The molecule has 108 valence electrons. The fourth-order valence-corrected chi connectivity index (χ4v) is 3.58. The summed E-state index contributed by atoms with van der Waals surface area (Å²) in [6, 6.07) is 4.62. The smallest absolute Gasteiger partial charge is 0.138 e. The van der Waals surface area contributed by atoms with Crippen LogP contribution in [0.1, 0.15) is 55.3 Å². The summed E-state index contributed by atoms with van der Waals surface area (Å²) >= 11 is 1.76. The minimum absolute atomic E-state index is 0.343.